The van der Waals surface area contributed by atoms with Crippen LogP contribution in [0.25, 0.3) is 22.2 Å². The molecular weight excluding hydrogens is 468 g/mol. The van der Waals surface area contributed by atoms with Gasteiger partial charge in [-0.25, -0.2) is 13.4 Å². The number of H-pyrrole nitrogens is 1. The Morgan fingerprint density at radius 1 is 1.19 bits per heavy atom. The number of fused-ring (bicyclic) bond motifs is 1. The lowest BCUT2D eigenvalue weighted by molar-refractivity contribution is 0.102. The van der Waals surface area contributed by atoms with Crippen molar-refractivity contribution in [2.75, 3.05) is 18.4 Å². The topological polar surface area (TPSA) is 95.2 Å². The summed E-state index contributed by atoms with van der Waals surface area (Å²) in [5.41, 5.74) is 2.73. The highest BCUT2D eigenvalue weighted by molar-refractivity contribution is 7.89. The molecule has 10 heteroatoms. The van der Waals surface area contributed by atoms with Gasteiger partial charge in [-0.1, -0.05) is 43.6 Å². The second kappa shape index (κ2) is 9.03. The number of nitrogens with one attached hydrogen (secondary N) is 2. The van der Waals surface area contributed by atoms with Crippen LogP contribution < -0.4 is 5.32 Å². The number of amides is 1. The van der Waals surface area contributed by atoms with Crippen molar-refractivity contribution < 1.29 is 13.2 Å². The highest BCUT2D eigenvalue weighted by Crippen LogP contribution is 2.31. The quantitative estimate of drug-likeness (QED) is 0.372. The van der Waals surface area contributed by atoms with Crippen molar-refractivity contribution in [2.45, 2.75) is 18.7 Å². The number of para-hydroxylation sites is 1. The number of thiazole rings is 1. The number of hydrogen-bond donors (Lipinski definition) is 2. The Labute approximate surface area is 195 Å². The van der Waals surface area contributed by atoms with Crippen molar-refractivity contribution in [1.29, 1.82) is 0 Å². The van der Waals surface area contributed by atoms with E-state index in [0.29, 0.717) is 18.2 Å². The average molecular weight is 489 g/mol. The van der Waals surface area contributed by atoms with Gasteiger partial charge in [0.1, 0.15) is 0 Å². The second-order valence-electron chi connectivity index (χ2n) is 6.97. The van der Waals surface area contributed by atoms with Crippen LogP contribution in [0.3, 0.4) is 0 Å². The molecule has 1 amide bonds. The summed E-state index contributed by atoms with van der Waals surface area (Å²) in [4.78, 5) is 20.6. The zero-order valence-corrected chi connectivity index (χ0v) is 19.8. The summed E-state index contributed by atoms with van der Waals surface area (Å²) in [6, 6.07) is 12.0. The molecule has 0 aliphatic rings. The van der Waals surface area contributed by atoms with E-state index >= 15 is 0 Å². The zero-order valence-electron chi connectivity index (χ0n) is 17.4. The third-order valence-corrected chi connectivity index (χ3v) is 8.25. The number of nitrogens with zero attached hydrogens (tertiary/aromatic N) is 2. The van der Waals surface area contributed by atoms with Crippen LogP contribution in [0, 0.1) is 0 Å². The molecule has 0 fully saturated rings. The summed E-state index contributed by atoms with van der Waals surface area (Å²) in [7, 11) is -3.71. The molecule has 2 aromatic heterocycles. The summed E-state index contributed by atoms with van der Waals surface area (Å²) in [6.45, 7) is 4.19. The van der Waals surface area contributed by atoms with Gasteiger partial charge in [0.15, 0.2) is 5.13 Å². The first-order valence-corrected chi connectivity index (χ1v) is 12.7. The number of rotatable bonds is 7. The molecule has 32 heavy (non-hydrogen) atoms. The number of hydrogen-bond acceptors (Lipinski definition) is 5. The van der Waals surface area contributed by atoms with Crippen molar-refractivity contribution in [3.8, 4) is 11.3 Å². The molecule has 0 aliphatic carbocycles. The Bertz CT molecular complexity index is 1390. The Balaban J connectivity index is 1.60. The number of carbonyl (C=O) groups excluding carboxylic acids is 1. The Hall–Kier alpha value is -2.72. The van der Waals surface area contributed by atoms with Gasteiger partial charge >= 0.3 is 0 Å². The van der Waals surface area contributed by atoms with Crippen LogP contribution in [0.15, 0.2) is 58.9 Å². The molecule has 0 saturated heterocycles. The second-order valence-corrected chi connectivity index (χ2v) is 10.2. The van der Waals surface area contributed by atoms with Crippen LogP contribution in [-0.2, 0) is 10.0 Å². The molecule has 0 atom stereocenters. The lowest BCUT2D eigenvalue weighted by Gasteiger charge is -2.19. The summed E-state index contributed by atoms with van der Waals surface area (Å²) < 4.78 is 27.0. The Morgan fingerprint density at radius 3 is 2.69 bits per heavy atom. The molecule has 7 nitrogen and oxygen atoms in total. The predicted octanol–water partition coefficient (Wildman–Crippen LogP) is 5.23. The lowest BCUT2D eigenvalue weighted by atomic mass is 10.1. The fourth-order valence-corrected chi connectivity index (χ4v) is 5.85. The van der Waals surface area contributed by atoms with Gasteiger partial charge in [0.2, 0.25) is 10.0 Å². The van der Waals surface area contributed by atoms with Crippen molar-refractivity contribution in [3.63, 3.8) is 0 Å². The van der Waals surface area contributed by atoms with Crippen molar-refractivity contribution >= 4 is 54.9 Å². The van der Waals surface area contributed by atoms with Gasteiger partial charge in [0.05, 0.1) is 21.2 Å². The molecule has 166 valence electrons. The highest BCUT2D eigenvalue weighted by Gasteiger charge is 2.24. The zero-order chi connectivity index (χ0) is 22.9. The molecule has 0 bridgehead atoms. The minimum absolute atomic E-state index is 0.0226. The van der Waals surface area contributed by atoms with E-state index in [-0.39, 0.29) is 15.5 Å². The molecule has 0 unspecified atom stereocenters. The fraction of sp³-hybridized carbons (Fsp3) is 0.182. The first kappa shape index (κ1) is 22.5. The maximum atomic E-state index is 12.9. The molecular formula is C22H21ClN4O3S2. The summed E-state index contributed by atoms with van der Waals surface area (Å²) in [5, 5.41) is 6.17. The molecule has 4 aromatic rings. The highest BCUT2D eigenvalue weighted by atomic mass is 35.5. The van der Waals surface area contributed by atoms with Crippen LogP contribution in [0.4, 0.5) is 5.13 Å². The van der Waals surface area contributed by atoms with E-state index in [1.807, 2.05) is 35.8 Å². The molecule has 0 aliphatic heterocycles. The number of carbonyl (C=O) groups is 1. The van der Waals surface area contributed by atoms with E-state index in [1.165, 1.54) is 33.8 Å². The van der Waals surface area contributed by atoms with Crippen molar-refractivity contribution in [3.05, 3.63) is 64.6 Å². The lowest BCUT2D eigenvalue weighted by Crippen LogP contribution is -2.30. The van der Waals surface area contributed by atoms with Gasteiger partial charge in [-0.05, 0) is 24.3 Å². The van der Waals surface area contributed by atoms with E-state index in [1.54, 1.807) is 13.8 Å². The summed E-state index contributed by atoms with van der Waals surface area (Å²) in [6.07, 6.45) is 1.88. The normalized spacial score (nSPS) is 11.9. The van der Waals surface area contributed by atoms with Gasteiger partial charge < -0.3 is 4.98 Å². The van der Waals surface area contributed by atoms with E-state index in [9.17, 15) is 13.2 Å². The predicted molar refractivity (Wildman–Crippen MR) is 129 cm³/mol. The van der Waals surface area contributed by atoms with Crippen LogP contribution >= 0.6 is 22.9 Å². The maximum Gasteiger partial charge on any atom is 0.259 e. The number of aromatic nitrogens is 2. The maximum absolute atomic E-state index is 12.9. The third kappa shape index (κ3) is 4.16. The van der Waals surface area contributed by atoms with Gasteiger partial charge in [0, 0.05) is 41.1 Å². The van der Waals surface area contributed by atoms with Crippen LogP contribution in [0.5, 0.6) is 0 Å². The smallest absolute Gasteiger partial charge is 0.259 e. The van der Waals surface area contributed by atoms with Gasteiger partial charge in [-0.15, -0.1) is 11.3 Å². The molecule has 2 aromatic carbocycles. The molecule has 4 rings (SSSR count). The number of halogens is 1. The molecule has 2 N–H and O–H groups in total. The molecule has 0 saturated carbocycles. The number of benzene rings is 2. The molecule has 0 radical (unpaired) electrons. The standard InChI is InChI=1S/C22H21ClN4O3S2/c1-3-27(4-2)32(29,30)14-9-10-18(23)16(11-14)21(28)26-22-25-20(13-31-22)17-12-24-19-8-6-5-7-15(17)19/h5-13,24H,3-4H2,1-2H3,(H,25,26,28). The minimum atomic E-state index is -3.71. The van der Waals surface area contributed by atoms with E-state index in [2.05, 4.69) is 15.3 Å². The first-order valence-electron chi connectivity index (χ1n) is 9.98. The van der Waals surface area contributed by atoms with E-state index < -0.39 is 15.9 Å². The average Bonchev–Trinajstić information content (AvgIpc) is 3.41. The van der Waals surface area contributed by atoms with E-state index in [4.69, 9.17) is 11.6 Å². The number of sulfonamides is 1. The third-order valence-electron chi connectivity index (χ3n) is 5.12. The van der Waals surface area contributed by atoms with Gasteiger partial charge in [-0.3, -0.25) is 10.1 Å². The Morgan fingerprint density at radius 2 is 1.94 bits per heavy atom. The number of aromatic amines is 1. The number of anilines is 1. The summed E-state index contributed by atoms with van der Waals surface area (Å²) >= 11 is 7.50. The minimum Gasteiger partial charge on any atom is -0.360 e. The molecule has 2 heterocycles. The first-order chi connectivity index (χ1) is 15.3. The van der Waals surface area contributed by atoms with Gasteiger partial charge in [-0.2, -0.15) is 4.31 Å². The molecule has 0 spiro atoms. The Kier molecular flexibility index (Phi) is 6.34. The van der Waals surface area contributed by atoms with Crippen LogP contribution in [-0.4, -0.2) is 41.7 Å². The monoisotopic (exact) mass is 488 g/mol. The fourth-order valence-electron chi connectivity index (χ4n) is 3.45. The van der Waals surface area contributed by atoms with Gasteiger partial charge in [0.25, 0.3) is 5.91 Å². The van der Waals surface area contributed by atoms with Crippen LogP contribution in [0.1, 0.15) is 24.2 Å². The van der Waals surface area contributed by atoms with Crippen molar-refractivity contribution in [2.24, 2.45) is 0 Å². The van der Waals surface area contributed by atoms with Crippen LogP contribution in [0.2, 0.25) is 5.02 Å². The van der Waals surface area contributed by atoms with Crippen molar-refractivity contribution in [1.82, 2.24) is 14.3 Å². The largest absolute Gasteiger partial charge is 0.360 e. The summed E-state index contributed by atoms with van der Waals surface area (Å²) in [5.74, 6) is -0.522. The SMILES string of the molecule is CCN(CC)S(=O)(=O)c1ccc(Cl)c(C(=O)Nc2nc(-c3c[nH]c4ccccc34)cs2)c1. The van der Waals surface area contributed by atoms with E-state index in [0.717, 1.165) is 22.2 Å².